The Kier molecular flexibility index (Phi) is 5.35. The van der Waals surface area contributed by atoms with Crippen LogP contribution in [0, 0.1) is 5.92 Å². The molecule has 1 aromatic carbocycles. The molecule has 6 heteroatoms. The van der Waals surface area contributed by atoms with E-state index in [1.165, 1.54) is 6.07 Å². The minimum absolute atomic E-state index is 0.00572. The fraction of sp³-hybridized carbons (Fsp3) is 0.556. The van der Waals surface area contributed by atoms with Crippen LogP contribution in [0.15, 0.2) is 24.3 Å². The van der Waals surface area contributed by atoms with Crippen molar-refractivity contribution in [3.63, 3.8) is 0 Å². The zero-order valence-electron chi connectivity index (χ0n) is 13.9. The predicted octanol–water partition coefficient (Wildman–Crippen LogP) is 1.07. The number of carbonyl (C=O) groups excluding carboxylic acids is 2. The van der Waals surface area contributed by atoms with Crippen LogP contribution in [0.1, 0.15) is 29.6 Å². The van der Waals surface area contributed by atoms with Crippen molar-refractivity contribution in [3.05, 3.63) is 29.8 Å². The zero-order chi connectivity index (χ0) is 16.9. The normalized spacial score (nSPS) is 21.1. The number of phenols is 1. The van der Waals surface area contributed by atoms with Crippen molar-refractivity contribution in [2.75, 3.05) is 39.3 Å². The lowest BCUT2D eigenvalue weighted by atomic mass is 10.0. The minimum atomic E-state index is -0.169. The molecule has 0 saturated carbocycles. The summed E-state index contributed by atoms with van der Waals surface area (Å²) in [5.41, 5.74) is 0.325. The molecule has 1 unspecified atom stereocenters. The SMILES string of the molecule is O=C(CCC1CCNC1)N1CCN(C(=O)c2ccccc2O)CC1. The van der Waals surface area contributed by atoms with Gasteiger partial charge in [-0.3, -0.25) is 9.59 Å². The minimum Gasteiger partial charge on any atom is -0.507 e. The molecule has 2 N–H and O–H groups in total. The summed E-state index contributed by atoms with van der Waals surface area (Å²) in [4.78, 5) is 28.3. The Balaban J connectivity index is 1.47. The van der Waals surface area contributed by atoms with Gasteiger partial charge in [0, 0.05) is 32.6 Å². The van der Waals surface area contributed by atoms with Crippen LogP contribution in [0.25, 0.3) is 0 Å². The molecule has 0 aliphatic carbocycles. The molecule has 2 amide bonds. The van der Waals surface area contributed by atoms with E-state index in [-0.39, 0.29) is 17.6 Å². The van der Waals surface area contributed by atoms with Gasteiger partial charge in [0.2, 0.25) is 5.91 Å². The van der Waals surface area contributed by atoms with E-state index in [4.69, 9.17) is 0 Å². The number of carbonyl (C=O) groups is 2. The molecule has 2 aliphatic heterocycles. The van der Waals surface area contributed by atoms with Crippen molar-refractivity contribution >= 4 is 11.8 Å². The third-order valence-electron chi connectivity index (χ3n) is 4.98. The Labute approximate surface area is 142 Å². The number of rotatable bonds is 4. The van der Waals surface area contributed by atoms with Gasteiger partial charge in [0.25, 0.3) is 5.91 Å². The molecule has 0 spiro atoms. The van der Waals surface area contributed by atoms with Crippen molar-refractivity contribution in [1.29, 1.82) is 0 Å². The quantitative estimate of drug-likeness (QED) is 0.865. The summed E-state index contributed by atoms with van der Waals surface area (Å²) in [5.74, 6) is 0.651. The number of hydrogen-bond acceptors (Lipinski definition) is 4. The standard InChI is InChI=1S/C18H25N3O3/c22-16-4-2-1-3-15(16)18(24)21-11-9-20(10-12-21)17(23)6-5-14-7-8-19-13-14/h1-4,14,19,22H,5-13H2. The Morgan fingerprint density at radius 3 is 2.50 bits per heavy atom. The molecule has 2 saturated heterocycles. The summed E-state index contributed by atoms with van der Waals surface area (Å²) in [6, 6.07) is 6.59. The van der Waals surface area contributed by atoms with Crippen LogP contribution in [0.5, 0.6) is 5.75 Å². The molecule has 2 aliphatic rings. The van der Waals surface area contributed by atoms with Crippen molar-refractivity contribution in [2.24, 2.45) is 5.92 Å². The summed E-state index contributed by atoms with van der Waals surface area (Å²) in [6.07, 6.45) is 2.71. The fourth-order valence-corrected chi connectivity index (χ4v) is 3.43. The van der Waals surface area contributed by atoms with E-state index in [9.17, 15) is 14.7 Å². The molecule has 1 atom stereocenters. The summed E-state index contributed by atoms with van der Waals surface area (Å²) < 4.78 is 0. The van der Waals surface area contributed by atoms with E-state index in [1.807, 2.05) is 4.90 Å². The summed E-state index contributed by atoms with van der Waals surface area (Å²) in [5, 5.41) is 13.1. The second-order valence-electron chi connectivity index (χ2n) is 6.59. The van der Waals surface area contributed by atoms with Gasteiger partial charge in [0.1, 0.15) is 5.75 Å². The van der Waals surface area contributed by atoms with Crippen LogP contribution >= 0.6 is 0 Å². The Morgan fingerprint density at radius 2 is 1.83 bits per heavy atom. The average Bonchev–Trinajstić information content (AvgIpc) is 3.13. The number of phenolic OH excluding ortho intramolecular Hbond substituents is 1. The second-order valence-corrected chi connectivity index (χ2v) is 6.59. The highest BCUT2D eigenvalue weighted by molar-refractivity contribution is 5.97. The molecular formula is C18H25N3O3. The molecule has 24 heavy (non-hydrogen) atoms. The van der Waals surface area contributed by atoms with Gasteiger partial charge in [0.05, 0.1) is 5.56 Å². The number of aromatic hydroxyl groups is 1. The molecular weight excluding hydrogens is 306 g/mol. The molecule has 6 nitrogen and oxygen atoms in total. The number of benzene rings is 1. The van der Waals surface area contributed by atoms with E-state index >= 15 is 0 Å². The second kappa shape index (κ2) is 7.66. The molecule has 0 bridgehead atoms. The van der Waals surface area contributed by atoms with E-state index in [1.54, 1.807) is 23.1 Å². The highest BCUT2D eigenvalue weighted by Crippen LogP contribution is 2.19. The summed E-state index contributed by atoms with van der Waals surface area (Å²) in [6.45, 7) is 4.26. The zero-order valence-corrected chi connectivity index (χ0v) is 13.9. The van der Waals surface area contributed by atoms with Crippen LogP contribution in [0.3, 0.4) is 0 Å². The maximum absolute atomic E-state index is 12.5. The molecule has 2 fully saturated rings. The highest BCUT2D eigenvalue weighted by Gasteiger charge is 2.26. The maximum atomic E-state index is 12.5. The van der Waals surface area contributed by atoms with E-state index in [0.29, 0.717) is 44.1 Å². The third kappa shape index (κ3) is 3.87. The van der Waals surface area contributed by atoms with Gasteiger partial charge in [0.15, 0.2) is 0 Å². The Morgan fingerprint density at radius 1 is 1.12 bits per heavy atom. The molecule has 0 radical (unpaired) electrons. The monoisotopic (exact) mass is 331 g/mol. The van der Waals surface area contributed by atoms with Gasteiger partial charge in [-0.2, -0.15) is 0 Å². The van der Waals surface area contributed by atoms with Gasteiger partial charge in [-0.25, -0.2) is 0 Å². The molecule has 1 aromatic rings. The largest absolute Gasteiger partial charge is 0.507 e. The fourth-order valence-electron chi connectivity index (χ4n) is 3.43. The lowest BCUT2D eigenvalue weighted by Crippen LogP contribution is -2.50. The third-order valence-corrected chi connectivity index (χ3v) is 4.98. The summed E-state index contributed by atoms with van der Waals surface area (Å²) in [7, 11) is 0. The van der Waals surface area contributed by atoms with Crippen molar-refractivity contribution in [3.8, 4) is 5.75 Å². The average molecular weight is 331 g/mol. The van der Waals surface area contributed by atoms with Crippen molar-refractivity contribution < 1.29 is 14.7 Å². The van der Waals surface area contributed by atoms with Crippen molar-refractivity contribution in [2.45, 2.75) is 19.3 Å². The van der Waals surface area contributed by atoms with E-state index in [2.05, 4.69) is 5.32 Å². The predicted molar refractivity (Wildman–Crippen MR) is 90.8 cm³/mol. The van der Waals surface area contributed by atoms with E-state index in [0.717, 1.165) is 25.9 Å². The Hall–Kier alpha value is -2.08. The summed E-state index contributed by atoms with van der Waals surface area (Å²) >= 11 is 0. The molecule has 2 heterocycles. The van der Waals surface area contributed by atoms with Gasteiger partial charge in [-0.05, 0) is 44.0 Å². The number of hydrogen-bond donors (Lipinski definition) is 2. The van der Waals surface area contributed by atoms with Gasteiger partial charge >= 0.3 is 0 Å². The van der Waals surface area contributed by atoms with E-state index < -0.39 is 0 Å². The lowest BCUT2D eigenvalue weighted by Gasteiger charge is -2.35. The first kappa shape index (κ1) is 16.8. The smallest absolute Gasteiger partial charge is 0.257 e. The number of piperazine rings is 1. The number of nitrogens with zero attached hydrogens (tertiary/aromatic N) is 2. The first-order valence-electron chi connectivity index (χ1n) is 8.71. The van der Waals surface area contributed by atoms with Crippen LogP contribution in [0.4, 0.5) is 0 Å². The number of amides is 2. The molecule has 0 aromatic heterocycles. The lowest BCUT2D eigenvalue weighted by molar-refractivity contribution is -0.132. The first-order chi connectivity index (χ1) is 11.6. The number of nitrogens with one attached hydrogen (secondary N) is 1. The first-order valence-corrected chi connectivity index (χ1v) is 8.71. The van der Waals surface area contributed by atoms with Crippen LogP contribution in [0.2, 0.25) is 0 Å². The van der Waals surface area contributed by atoms with Crippen LogP contribution in [-0.2, 0) is 4.79 Å². The van der Waals surface area contributed by atoms with Gasteiger partial charge in [-0.15, -0.1) is 0 Å². The molecule has 3 rings (SSSR count). The van der Waals surface area contributed by atoms with Gasteiger partial charge in [-0.1, -0.05) is 12.1 Å². The molecule has 130 valence electrons. The highest BCUT2D eigenvalue weighted by atomic mass is 16.3. The van der Waals surface area contributed by atoms with Crippen LogP contribution < -0.4 is 5.32 Å². The maximum Gasteiger partial charge on any atom is 0.257 e. The van der Waals surface area contributed by atoms with Crippen LogP contribution in [-0.4, -0.2) is 66.0 Å². The van der Waals surface area contributed by atoms with Gasteiger partial charge < -0.3 is 20.2 Å². The number of para-hydroxylation sites is 1. The Bertz CT molecular complexity index is 591. The topological polar surface area (TPSA) is 72.9 Å². The van der Waals surface area contributed by atoms with Crippen molar-refractivity contribution in [1.82, 2.24) is 15.1 Å².